The Kier molecular flexibility index (Phi) is 4.12. The summed E-state index contributed by atoms with van der Waals surface area (Å²) in [5.41, 5.74) is 5.56. The average Bonchev–Trinajstić information content (AvgIpc) is 3.07. The van der Waals surface area contributed by atoms with Crippen LogP contribution in [0.4, 0.5) is 0 Å². The summed E-state index contributed by atoms with van der Waals surface area (Å²) in [7, 11) is 14.3. The van der Waals surface area contributed by atoms with Crippen molar-refractivity contribution < 1.29 is 15.6 Å². The Hall–Kier alpha value is -0.400. The van der Waals surface area contributed by atoms with Gasteiger partial charge in [0, 0.05) is 0 Å². The van der Waals surface area contributed by atoms with Gasteiger partial charge in [-0.3, -0.25) is 0 Å². The Labute approximate surface area is 153 Å². The molecule has 4 heteroatoms. The Morgan fingerprint density at radius 3 is 1.54 bits per heavy atom. The number of rotatable bonds is 3. The number of hydrogen-bond acceptors (Lipinski definition) is 0. The maximum absolute atomic E-state index is 7.16. The number of fused-ring (bicyclic) bond motifs is 2. The predicted molar refractivity (Wildman–Crippen MR) is 107 cm³/mol. The van der Waals surface area contributed by atoms with E-state index < -0.39 is 21.5 Å². The molecule has 123 valence electrons. The minimum atomic E-state index is -3.70. The quantitative estimate of drug-likeness (QED) is 0.490. The molecule has 0 spiro atoms. The summed E-state index contributed by atoms with van der Waals surface area (Å²) >= 11 is -3.70. The molecule has 0 aromatic heterocycles. The summed E-state index contributed by atoms with van der Waals surface area (Å²) in [6, 6.07) is 17.4. The van der Waals surface area contributed by atoms with Gasteiger partial charge in [-0.15, -0.1) is 0 Å². The van der Waals surface area contributed by atoms with Crippen LogP contribution < -0.4 is 0 Å². The van der Waals surface area contributed by atoms with Crippen LogP contribution in [0.2, 0.25) is 9.26 Å². The standard InChI is InChI=1S/C18H15Si.2CH3.2ClH.Zr/c1-2-6-14-10-17(9-13(14)5-1)19-18-11-15-7-3-4-8-16(15)12-18;;;;;/h1-9,11,19H,10,12H2;2*1H3;2*1H;/q;;;;;+2/p-2. The molecule has 0 atom stereocenters. The topological polar surface area (TPSA) is 0 Å². The van der Waals surface area contributed by atoms with Gasteiger partial charge in [0.2, 0.25) is 0 Å². The molecule has 0 saturated heterocycles. The first-order valence-electron chi connectivity index (χ1n) is 8.47. The van der Waals surface area contributed by atoms with E-state index in [2.05, 4.69) is 69.9 Å². The van der Waals surface area contributed by atoms with Crippen LogP contribution in [0.3, 0.4) is 0 Å². The van der Waals surface area contributed by atoms with Crippen molar-refractivity contribution in [2.75, 3.05) is 0 Å². The zero-order valence-corrected chi connectivity index (χ0v) is 19.1. The van der Waals surface area contributed by atoms with E-state index in [-0.39, 0.29) is 0 Å². The van der Waals surface area contributed by atoms with Crippen molar-refractivity contribution in [2.45, 2.75) is 22.1 Å². The van der Waals surface area contributed by atoms with Crippen LogP contribution in [0.1, 0.15) is 22.3 Å². The van der Waals surface area contributed by atoms with E-state index in [1.807, 2.05) is 0 Å². The van der Waals surface area contributed by atoms with Gasteiger partial charge in [0.15, 0.2) is 0 Å². The second-order valence-electron chi connectivity index (χ2n) is 7.75. The fourth-order valence-corrected chi connectivity index (χ4v) is 36.1. The average molecular weight is 452 g/mol. The Bertz CT molecular complexity index is 817. The van der Waals surface area contributed by atoms with Crippen LogP contribution in [-0.4, -0.2) is 5.92 Å². The molecular formula is C20H21Cl2SiZr. The third-order valence-electron chi connectivity index (χ3n) is 5.12. The molecule has 0 bridgehead atoms. The second-order valence-corrected chi connectivity index (χ2v) is 54.3. The minimum absolute atomic E-state index is 1.03. The van der Waals surface area contributed by atoms with Crippen molar-refractivity contribution in [1.82, 2.24) is 0 Å². The molecule has 4 rings (SSSR count). The molecule has 2 aromatic rings. The number of benzene rings is 2. The van der Waals surface area contributed by atoms with Gasteiger partial charge in [-0.1, -0.05) is 0 Å². The molecule has 0 nitrogen and oxygen atoms in total. The number of halogens is 2. The normalized spacial score (nSPS) is 17.8. The van der Waals surface area contributed by atoms with Gasteiger partial charge >= 0.3 is 154 Å². The molecule has 0 radical (unpaired) electrons. The number of hydrogen-bond donors (Lipinski definition) is 0. The van der Waals surface area contributed by atoms with Gasteiger partial charge in [-0.05, 0) is 0 Å². The van der Waals surface area contributed by atoms with Crippen LogP contribution in [0.5, 0.6) is 0 Å². The van der Waals surface area contributed by atoms with Crippen LogP contribution >= 0.6 is 17.0 Å². The fraction of sp³-hybridized carbons (Fsp3) is 0.200. The molecule has 0 amide bonds. The molecular weight excluding hydrogens is 430 g/mol. The van der Waals surface area contributed by atoms with Crippen LogP contribution in [0.25, 0.3) is 12.2 Å². The molecule has 0 heterocycles. The van der Waals surface area contributed by atoms with E-state index >= 15 is 0 Å². The molecule has 0 unspecified atom stereocenters. The van der Waals surface area contributed by atoms with Crippen LogP contribution in [0.15, 0.2) is 58.9 Å². The van der Waals surface area contributed by atoms with E-state index in [9.17, 15) is 0 Å². The zero-order chi connectivity index (χ0) is 17.0. The third kappa shape index (κ3) is 3.19. The molecule has 24 heavy (non-hydrogen) atoms. The van der Waals surface area contributed by atoms with Crippen molar-refractivity contribution in [1.29, 1.82) is 0 Å². The van der Waals surface area contributed by atoms with Gasteiger partial charge in [-0.25, -0.2) is 0 Å². The number of allylic oxidation sites excluding steroid dienone is 2. The maximum atomic E-state index is 7.16. The van der Waals surface area contributed by atoms with Gasteiger partial charge in [0.25, 0.3) is 0 Å². The van der Waals surface area contributed by atoms with Crippen molar-refractivity contribution in [3.8, 4) is 0 Å². The van der Waals surface area contributed by atoms with Crippen LogP contribution in [-0.2, 0) is 28.4 Å². The molecule has 2 aromatic carbocycles. The van der Waals surface area contributed by atoms with Gasteiger partial charge < -0.3 is 0 Å². The van der Waals surface area contributed by atoms with E-state index in [4.69, 9.17) is 17.0 Å². The van der Waals surface area contributed by atoms with Crippen molar-refractivity contribution in [2.24, 2.45) is 0 Å². The monoisotopic (exact) mass is 449 g/mol. The van der Waals surface area contributed by atoms with Gasteiger partial charge in [-0.2, -0.15) is 0 Å². The van der Waals surface area contributed by atoms with E-state index in [0.29, 0.717) is 0 Å². The van der Waals surface area contributed by atoms with Crippen molar-refractivity contribution in [3.05, 3.63) is 81.2 Å². The zero-order valence-electron chi connectivity index (χ0n) is 14.0. The summed E-state index contributed by atoms with van der Waals surface area (Å²) < 4.78 is 4.41. The molecule has 0 N–H and O–H groups in total. The van der Waals surface area contributed by atoms with E-state index in [1.165, 1.54) is 32.6 Å². The summed E-state index contributed by atoms with van der Waals surface area (Å²) in [4.78, 5) is 0. The molecule has 0 aliphatic heterocycles. The first kappa shape index (κ1) is 17.0. The SMILES string of the molecule is [CH3][Zr]([CH3])([Cl])([Cl])[SiH](C1=Cc2ccccc2C1)C1=Cc2ccccc2C1. The molecule has 0 fully saturated rings. The molecule has 0 saturated carbocycles. The van der Waals surface area contributed by atoms with Gasteiger partial charge in [0.05, 0.1) is 0 Å². The van der Waals surface area contributed by atoms with E-state index in [0.717, 1.165) is 12.8 Å². The predicted octanol–water partition coefficient (Wildman–Crippen LogP) is 6.16. The first-order valence-corrected chi connectivity index (χ1v) is 25.7. The van der Waals surface area contributed by atoms with E-state index in [1.54, 1.807) is 0 Å². The Balaban J connectivity index is 1.77. The Morgan fingerprint density at radius 1 is 0.750 bits per heavy atom. The third-order valence-corrected chi connectivity index (χ3v) is 33.9. The van der Waals surface area contributed by atoms with Crippen molar-refractivity contribution >= 4 is 35.1 Å². The summed E-state index contributed by atoms with van der Waals surface area (Å²) in [6.45, 7) is 0. The van der Waals surface area contributed by atoms with Crippen LogP contribution in [0, 0.1) is 0 Å². The summed E-state index contributed by atoms with van der Waals surface area (Å²) in [5.74, 6) is -1.55. The molecule has 2 aliphatic carbocycles. The summed E-state index contributed by atoms with van der Waals surface area (Å²) in [5, 5.41) is 3.08. The first-order chi connectivity index (χ1) is 11.3. The Morgan fingerprint density at radius 2 is 1.17 bits per heavy atom. The summed E-state index contributed by atoms with van der Waals surface area (Å²) in [6.07, 6.45) is 6.85. The second kappa shape index (κ2) is 5.81. The molecule has 2 aliphatic rings. The van der Waals surface area contributed by atoms with Crippen molar-refractivity contribution in [3.63, 3.8) is 0 Å². The van der Waals surface area contributed by atoms with Gasteiger partial charge in [0.1, 0.15) is 0 Å². The fourth-order valence-electron chi connectivity index (χ4n) is 4.24.